The van der Waals surface area contributed by atoms with Gasteiger partial charge in [0, 0.05) is 28.6 Å². The van der Waals surface area contributed by atoms with E-state index in [9.17, 15) is 4.79 Å². The zero-order valence-electron chi connectivity index (χ0n) is 15.0. The Bertz CT molecular complexity index is 1000. The van der Waals surface area contributed by atoms with Gasteiger partial charge in [-0.1, -0.05) is 11.6 Å². The number of nitrogens with zero attached hydrogens (tertiary/aromatic N) is 2. The lowest BCUT2D eigenvalue weighted by atomic mass is 9.94. The van der Waals surface area contributed by atoms with Crippen LogP contribution in [0.2, 0.25) is 5.02 Å². The van der Waals surface area contributed by atoms with Gasteiger partial charge < -0.3 is 10.6 Å². The monoisotopic (exact) mass is 388 g/mol. The summed E-state index contributed by atoms with van der Waals surface area (Å²) in [5.41, 5.74) is 9.70. The van der Waals surface area contributed by atoms with Gasteiger partial charge in [-0.05, 0) is 49.9 Å². The quantitative estimate of drug-likeness (QED) is 0.699. The van der Waals surface area contributed by atoms with Crippen LogP contribution >= 0.6 is 22.9 Å². The van der Waals surface area contributed by atoms with Gasteiger partial charge in [0.1, 0.15) is 0 Å². The van der Waals surface area contributed by atoms with Crippen LogP contribution < -0.4 is 5.73 Å². The predicted octanol–water partition coefficient (Wildman–Crippen LogP) is 3.88. The van der Waals surface area contributed by atoms with Crippen LogP contribution in [-0.4, -0.2) is 33.1 Å². The minimum atomic E-state index is -0.857. The molecule has 0 saturated heterocycles. The first-order valence-corrected chi connectivity index (χ1v) is 9.77. The molecule has 0 fully saturated rings. The Morgan fingerprint density at radius 2 is 2.23 bits per heavy atom. The molecule has 0 unspecified atom stereocenters. The van der Waals surface area contributed by atoms with Crippen LogP contribution in [0.4, 0.5) is 0 Å². The Hall–Kier alpha value is -1.89. The lowest BCUT2D eigenvalue weighted by Gasteiger charge is -2.32. The van der Waals surface area contributed by atoms with Gasteiger partial charge in [-0.3, -0.25) is 9.89 Å². The number of carbonyl (C=O) groups is 1. The summed E-state index contributed by atoms with van der Waals surface area (Å²) in [6.45, 7) is 6.81. The number of hydrogen-bond donors (Lipinski definition) is 2. The molecule has 0 spiro atoms. The molecular formula is C19H21ClN4OS. The van der Waals surface area contributed by atoms with Crippen LogP contribution in [0.3, 0.4) is 0 Å². The van der Waals surface area contributed by atoms with Crippen molar-refractivity contribution in [3.8, 4) is 11.1 Å². The molecule has 26 heavy (non-hydrogen) atoms. The minimum absolute atomic E-state index is 0.0158. The first kappa shape index (κ1) is 17.5. The van der Waals surface area contributed by atoms with Gasteiger partial charge in [-0.25, -0.2) is 0 Å². The maximum absolute atomic E-state index is 12.6. The number of thiophene rings is 1. The molecule has 0 aliphatic carbocycles. The third-order valence-electron chi connectivity index (χ3n) is 4.88. The van der Waals surface area contributed by atoms with Crippen LogP contribution in [0.15, 0.2) is 18.5 Å². The molecule has 0 bridgehead atoms. The SMILES string of the molecule is Cc1cc(-c2cn[nH]c2)c2c3c(sc2c1Cl)CN(C(=O)C(C)(C)N)CC3. The smallest absolute Gasteiger partial charge is 0.242 e. The molecule has 0 radical (unpaired) electrons. The Balaban J connectivity index is 1.87. The van der Waals surface area contributed by atoms with E-state index in [4.69, 9.17) is 17.3 Å². The molecule has 3 aromatic rings. The van der Waals surface area contributed by atoms with Crippen LogP contribution in [-0.2, 0) is 17.8 Å². The van der Waals surface area contributed by atoms with Gasteiger partial charge in [0.25, 0.3) is 0 Å². The van der Waals surface area contributed by atoms with E-state index in [0.717, 1.165) is 32.8 Å². The van der Waals surface area contributed by atoms with Gasteiger partial charge in [-0.15, -0.1) is 11.3 Å². The van der Waals surface area contributed by atoms with E-state index in [1.54, 1.807) is 25.2 Å². The van der Waals surface area contributed by atoms with E-state index < -0.39 is 5.54 Å². The van der Waals surface area contributed by atoms with Crippen LogP contribution in [0.1, 0.15) is 29.9 Å². The molecule has 1 aliphatic rings. The van der Waals surface area contributed by atoms with Crippen molar-refractivity contribution in [1.29, 1.82) is 0 Å². The van der Waals surface area contributed by atoms with Crippen molar-refractivity contribution in [3.63, 3.8) is 0 Å². The number of H-pyrrole nitrogens is 1. The van der Waals surface area contributed by atoms with Crippen molar-refractivity contribution in [2.45, 2.75) is 39.3 Å². The number of hydrogen-bond acceptors (Lipinski definition) is 4. The summed E-state index contributed by atoms with van der Waals surface area (Å²) < 4.78 is 1.09. The van der Waals surface area contributed by atoms with E-state index in [0.29, 0.717) is 13.1 Å². The molecule has 1 amide bonds. The number of aromatic nitrogens is 2. The summed E-state index contributed by atoms with van der Waals surface area (Å²) >= 11 is 8.32. The minimum Gasteiger partial charge on any atom is -0.336 e. The van der Waals surface area contributed by atoms with Gasteiger partial charge in [0.15, 0.2) is 0 Å². The lowest BCUT2D eigenvalue weighted by Crippen LogP contribution is -2.52. The van der Waals surface area contributed by atoms with E-state index in [1.165, 1.54) is 15.8 Å². The summed E-state index contributed by atoms with van der Waals surface area (Å²) in [7, 11) is 0. The number of halogens is 1. The predicted molar refractivity (Wildman–Crippen MR) is 107 cm³/mol. The first-order chi connectivity index (χ1) is 12.3. The lowest BCUT2D eigenvalue weighted by molar-refractivity contribution is -0.136. The maximum atomic E-state index is 12.6. The number of aryl methyl sites for hydroxylation is 1. The van der Waals surface area contributed by atoms with E-state index in [1.807, 2.05) is 24.2 Å². The summed E-state index contributed by atoms with van der Waals surface area (Å²) in [5, 5.41) is 8.98. The third-order valence-corrected chi connectivity index (χ3v) is 6.71. The average molecular weight is 389 g/mol. The molecule has 136 valence electrons. The van der Waals surface area contributed by atoms with Gasteiger partial charge >= 0.3 is 0 Å². The number of nitrogens with two attached hydrogens (primary N) is 1. The maximum Gasteiger partial charge on any atom is 0.242 e. The highest BCUT2D eigenvalue weighted by Crippen LogP contribution is 2.45. The third kappa shape index (κ3) is 2.73. The molecule has 0 atom stereocenters. The van der Waals surface area contributed by atoms with Crippen LogP contribution in [0.5, 0.6) is 0 Å². The Morgan fingerprint density at radius 3 is 2.88 bits per heavy atom. The number of nitrogens with one attached hydrogen (secondary N) is 1. The largest absolute Gasteiger partial charge is 0.336 e. The molecular weight excluding hydrogens is 368 g/mol. The van der Waals surface area contributed by atoms with Crippen molar-refractivity contribution in [1.82, 2.24) is 15.1 Å². The molecule has 3 heterocycles. The van der Waals surface area contributed by atoms with Crippen molar-refractivity contribution in [2.75, 3.05) is 6.54 Å². The molecule has 0 saturated carbocycles. The van der Waals surface area contributed by atoms with Crippen molar-refractivity contribution >= 4 is 38.9 Å². The number of amides is 1. The number of benzene rings is 1. The number of rotatable bonds is 2. The normalized spacial score (nSPS) is 14.7. The fraction of sp³-hybridized carbons (Fsp3) is 0.368. The second-order valence-corrected chi connectivity index (χ2v) is 8.93. The highest BCUT2D eigenvalue weighted by Gasteiger charge is 2.32. The average Bonchev–Trinajstić information content (AvgIpc) is 3.24. The summed E-state index contributed by atoms with van der Waals surface area (Å²) in [6.07, 6.45) is 4.55. The Labute approximate surface area is 161 Å². The first-order valence-electron chi connectivity index (χ1n) is 8.58. The highest BCUT2D eigenvalue weighted by molar-refractivity contribution is 7.20. The zero-order valence-corrected chi connectivity index (χ0v) is 16.6. The van der Waals surface area contributed by atoms with Gasteiger partial charge in [0.05, 0.1) is 28.0 Å². The van der Waals surface area contributed by atoms with Gasteiger partial charge in [-0.2, -0.15) is 5.10 Å². The number of fused-ring (bicyclic) bond motifs is 3. The van der Waals surface area contributed by atoms with Crippen molar-refractivity contribution < 1.29 is 4.79 Å². The van der Waals surface area contributed by atoms with Crippen LogP contribution in [0, 0.1) is 6.92 Å². The van der Waals surface area contributed by atoms with E-state index in [2.05, 4.69) is 16.3 Å². The highest BCUT2D eigenvalue weighted by atomic mass is 35.5. The molecule has 7 heteroatoms. The van der Waals surface area contributed by atoms with Gasteiger partial charge in [0.2, 0.25) is 5.91 Å². The van der Waals surface area contributed by atoms with E-state index >= 15 is 0 Å². The number of carbonyl (C=O) groups excluding carboxylic acids is 1. The van der Waals surface area contributed by atoms with Crippen molar-refractivity contribution in [3.05, 3.63) is 39.5 Å². The molecule has 1 aromatic carbocycles. The summed E-state index contributed by atoms with van der Waals surface area (Å²) in [4.78, 5) is 15.6. The second kappa shape index (κ2) is 6.08. The molecule has 4 rings (SSSR count). The number of aromatic amines is 1. The Morgan fingerprint density at radius 1 is 1.46 bits per heavy atom. The molecule has 3 N–H and O–H groups in total. The molecule has 5 nitrogen and oxygen atoms in total. The topological polar surface area (TPSA) is 75.0 Å². The summed E-state index contributed by atoms with van der Waals surface area (Å²) in [6, 6.07) is 2.13. The summed E-state index contributed by atoms with van der Waals surface area (Å²) in [5.74, 6) is -0.0158. The molecule has 2 aromatic heterocycles. The van der Waals surface area contributed by atoms with Crippen molar-refractivity contribution in [2.24, 2.45) is 5.73 Å². The Kier molecular flexibility index (Phi) is 4.10. The second-order valence-electron chi connectivity index (χ2n) is 7.45. The van der Waals surface area contributed by atoms with E-state index in [-0.39, 0.29) is 5.91 Å². The van der Waals surface area contributed by atoms with Crippen LogP contribution in [0.25, 0.3) is 21.2 Å². The standard InChI is InChI=1S/C19H21ClN4OS/c1-10-6-13(11-7-22-23-8-11)15-12-4-5-24(18(25)19(2,3)21)9-14(12)26-17(15)16(10)20/h6-8H,4-5,9,21H2,1-3H3,(H,22,23). The molecule has 1 aliphatic heterocycles. The fourth-order valence-electron chi connectivity index (χ4n) is 3.58. The zero-order chi connectivity index (χ0) is 18.6. The fourth-order valence-corrected chi connectivity index (χ4v) is 5.23.